The van der Waals surface area contributed by atoms with Crippen molar-refractivity contribution in [2.75, 3.05) is 13.1 Å². The standard InChI is InChI=1S/C18H20N2O3/c1-11-14-5-3-4-6-16(14)19-12(2)15(11)9-17(21)20-8-7-13(10-20)18(22)23/h3-6,13H,7-10H2,1-2H3,(H,22,23). The Kier molecular flexibility index (Phi) is 4.03. The monoisotopic (exact) mass is 312 g/mol. The zero-order valence-corrected chi connectivity index (χ0v) is 13.4. The van der Waals surface area contributed by atoms with Gasteiger partial charge >= 0.3 is 5.97 Å². The minimum Gasteiger partial charge on any atom is -0.481 e. The van der Waals surface area contributed by atoms with Gasteiger partial charge in [0.25, 0.3) is 0 Å². The lowest BCUT2D eigenvalue weighted by molar-refractivity contribution is -0.141. The molecule has 0 saturated carbocycles. The summed E-state index contributed by atoms with van der Waals surface area (Å²) < 4.78 is 0. The van der Waals surface area contributed by atoms with Crippen LogP contribution in [-0.4, -0.2) is 40.0 Å². The van der Waals surface area contributed by atoms with Gasteiger partial charge in [0.2, 0.25) is 5.91 Å². The van der Waals surface area contributed by atoms with E-state index in [1.54, 1.807) is 4.90 Å². The fourth-order valence-corrected chi connectivity index (χ4v) is 3.28. The molecular formula is C18H20N2O3. The topological polar surface area (TPSA) is 70.5 Å². The molecule has 2 aromatic rings. The lowest BCUT2D eigenvalue weighted by Crippen LogP contribution is -2.31. The number of hydrogen-bond donors (Lipinski definition) is 1. The summed E-state index contributed by atoms with van der Waals surface area (Å²) in [6.07, 6.45) is 0.816. The number of likely N-dealkylation sites (tertiary alicyclic amines) is 1. The molecule has 1 saturated heterocycles. The van der Waals surface area contributed by atoms with E-state index in [1.807, 2.05) is 38.1 Å². The minimum atomic E-state index is -0.819. The molecule has 1 aromatic carbocycles. The van der Waals surface area contributed by atoms with Crippen LogP contribution in [0.1, 0.15) is 23.2 Å². The van der Waals surface area contributed by atoms with E-state index in [-0.39, 0.29) is 12.3 Å². The maximum absolute atomic E-state index is 12.5. The summed E-state index contributed by atoms with van der Waals surface area (Å²) in [5, 5.41) is 10.1. The molecule has 1 aliphatic rings. The lowest BCUT2D eigenvalue weighted by Gasteiger charge is -2.18. The zero-order valence-electron chi connectivity index (χ0n) is 13.4. The average molecular weight is 312 g/mol. The van der Waals surface area contributed by atoms with E-state index in [0.29, 0.717) is 19.5 Å². The van der Waals surface area contributed by atoms with Crippen molar-refractivity contribution >= 4 is 22.8 Å². The molecule has 0 spiro atoms. The predicted octanol–water partition coefficient (Wildman–Crippen LogP) is 2.33. The van der Waals surface area contributed by atoms with Crippen molar-refractivity contribution in [2.45, 2.75) is 26.7 Å². The van der Waals surface area contributed by atoms with Gasteiger partial charge in [-0.05, 0) is 37.5 Å². The zero-order chi connectivity index (χ0) is 16.6. The molecule has 0 bridgehead atoms. The summed E-state index contributed by atoms with van der Waals surface area (Å²) in [5.41, 5.74) is 3.83. The van der Waals surface area contributed by atoms with E-state index in [1.165, 1.54) is 0 Å². The van der Waals surface area contributed by atoms with Gasteiger partial charge in [0.05, 0.1) is 17.9 Å². The average Bonchev–Trinajstić information content (AvgIpc) is 3.01. The number of carboxylic acid groups (broad SMARTS) is 1. The Morgan fingerprint density at radius 1 is 1.30 bits per heavy atom. The van der Waals surface area contributed by atoms with Gasteiger partial charge in [-0.3, -0.25) is 14.6 Å². The smallest absolute Gasteiger partial charge is 0.308 e. The number of hydrogen-bond acceptors (Lipinski definition) is 3. The Bertz CT molecular complexity index is 785. The Hall–Kier alpha value is -2.43. The second kappa shape index (κ2) is 5.99. The first kappa shape index (κ1) is 15.5. The van der Waals surface area contributed by atoms with Gasteiger partial charge in [-0.25, -0.2) is 0 Å². The van der Waals surface area contributed by atoms with E-state index >= 15 is 0 Å². The molecule has 1 aliphatic heterocycles. The van der Waals surface area contributed by atoms with Crippen molar-refractivity contribution in [3.05, 3.63) is 41.1 Å². The van der Waals surface area contributed by atoms with Gasteiger partial charge in [0.15, 0.2) is 0 Å². The molecule has 5 nitrogen and oxygen atoms in total. The summed E-state index contributed by atoms with van der Waals surface area (Å²) in [7, 11) is 0. The molecule has 120 valence electrons. The van der Waals surface area contributed by atoms with Crippen molar-refractivity contribution in [1.29, 1.82) is 0 Å². The van der Waals surface area contributed by atoms with E-state index in [9.17, 15) is 9.59 Å². The third kappa shape index (κ3) is 2.91. The number of rotatable bonds is 3. The van der Waals surface area contributed by atoms with Crippen LogP contribution >= 0.6 is 0 Å². The SMILES string of the molecule is Cc1nc2ccccc2c(C)c1CC(=O)N1CCC(C(=O)O)C1. The fraction of sp³-hybridized carbons (Fsp3) is 0.389. The molecule has 1 aromatic heterocycles. The highest BCUT2D eigenvalue weighted by Gasteiger charge is 2.31. The Morgan fingerprint density at radius 3 is 2.74 bits per heavy atom. The number of pyridine rings is 1. The minimum absolute atomic E-state index is 0.0166. The normalized spacial score (nSPS) is 17.7. The highest BCUT2D eigenvalue weighted by Crippen LogP contribution is 2.24. The molecule has 3 rings (SSSR count). The van der Waals surface area contributed by atoms with Crippen LogP contribution in [0.4, 0.5) is 0 Å². The summed E-state index contributed by atoms with van der Waals surface area (Å²) in [5.74, 6) is -1.27. The van der Waals surface area contributed by atoms with E-state index in [2.05, 4.69) is 4.98 Å². The van der Waals surface area contributed by atoms with E-state index in [0.717, 1.165) is 27.7 Å². The number of para-hydroxylation sites is 1. The van der Waals surface area contributed by atoms with Crippen LogP contribution in [0.5, 0.6) is 0 Å². The number of fused-ring (bicyclic) bond motifs is 1. The van der Waals surface area contributed by atoms with Crippen molar-refractivity contribution in [1.82, 2.24) is 9.88 Å². The van der Waals surface area contributed by atoms with Crippen molar-refractivity contribution in [2.24, 2.45) is 5.92 Å². The summed E-state index contributed by atoms with van der Waals surface area (Å²) in [6, 6.07) is 7.91. The molecule has 1 N–H and O–H groups in total. The first-order chi connectivity index (χ1) is 11.0. The number of amides is 1. The summed E-state index contributed by atoms with van der Waals surface area (Å²) in [6.45, 7) is 4.78. The Morgan fingerprint density at radius 2 is 2.04 bits per heavy atom. The van der Waals surface area contributed by atoms with Crippen LogP contribution in [0.25, 0.3) is 10.9 Å². The number of carboxylic acids is 1. The predicted molar refractivity (Wildman–Crippen MR) is 87.2 cm³/mol. The highest BCUT2D eigenvalue weighted by molar-refractivity contribution is 5.87. The third-order valence-corrected chi connectivity index (χ3v) is 4.70. The Labute approximate surface area is 134 Å². The molecular weight excluding hydrogens is 292 g/mol. The maximum Gasteiger partial charge on any atom is 0.308 e. The van der Waals surface area contributed by atoms with Gasteiger partial charge < -0.3 is 10.0 Å². The van der Waals surface area contributed by atoms with Crippen LogP contribution in [-0.2, 0) is 16.0 Å². The van der Waals surface area contributed by atoms with Crippen LogP contribution in [0.3, 0.4) is 0 Å². The first-order valence-electron chi connectivity index (χ1n) is 7.82. The largest absolute Gasteiger partial charge is 0.481 e. The van der Waals surface area contributed by atoms with Crippen molar-refractivity contribution in [3.63, 3.8) is 0 Å². The van der Waals surface area contributed by atoms with Crippen molar-refractivity contribution in [3.8, 4) is 0 Å². The van der Waals surface area contributed by atoms with Gasteiger partial charge in [0, 0.05) is 24.2 Å². The molecule has 0 aliphatic carbocycles. The van der Waals surface area contributed by atoms with Gasteiger partial charge in [0.1, 0.15) is 0 Å². The van der Waals surface area contributed by atoms with E-state index < -0.39 is 11.9 Å². The molecule has 0 radical (unpaired) electrons. The molecule has 5 heteroatoms. The number of aliphatic carboxylic acids is 1. The number of carbonyl (C=O) groups is 2. The third-order valence-electron chi connectivity index (χ3n) is 4.70. The van der Waals surface area contributed by atoms with Crippen LogP contribution in [0.15, 0.2) is 24.3 Å². The number of benzene rings is 1. The van der Waals surface area contributed by atoms with Crippen LogP contribution < -0.4 is 0 Å². The Balaban J connectivity index is 1.84. The molecule has 1 amide bonds. The van der Waals surface area contributed by atoms with Crippen LogP contribution in [0.2, 0.25) is 0 Å². The summed E-state index contributed by atoms with van der Waals surface area (Å²) >= 11 is 0. The second-order valence-corrected chi connectivity index (χ2v) is 6.16. The maximum atomic E-state index is 12.5. The number of carbonyl (C=O) groups excluding carboxylic acids is 1. The number of aromatic nitrogens is 1. The molecule has 1 atom stereocenters. The van der Waals surface area contributed by atoms with Gasteiger partial charge in [-0.15, -0.1) is 0 Å². The molecule has 23 heavy (non-hydrogen) atoms. The second-order valence-electron chi connectivity index (χ2n) is 6.16. The molecule has 1 fully saturated rings. The highest BCUT2D eigenvalue weighted by atomic mass is 16.4. The van der Waals surface area contributed by atoms with E-state index in [4.69, 9.17) is 5.11 Å². The van der Waals surface area contributed by atoms with Gasteiger partial charge in [-0.1, -0.05) is 18.2 Å². The fourth-order valence-electron chi connectivity index (χ4n) is 3.28. The van der Waals surface area contributed by atoms with Crippen molar-refractivity contribution < 1.29 is 14.7 Å². The number of nitrogens with zero attached hydrogens (tertiary/aromatic N) is 2. The number of aryl methyl sites for hydroxylation is 2. The summed E-state index contributed by atoms with van der Waals surface area (Å²) in [4.78, 5) is 29.8. The molecule has 1 unspecified atom stereocenters. The molecule has 2 heterocycles. The lowest BCUT2D eigenvalue weighted by atomic mass is 9.99. The first-order valence-corrected chi connectivity index (χ1v) is 7.82. The van der Waals surface area contributed by atoms with Gasteiger partial charge in [-0.2, -0.15) is 0 Å². The van der Waals surface area contributed by atoms with Crippen LogP contribution in [0, 0.1) is 19.8 Å². The quantitative estimate of drug-likeness (QED) is 0.944.